The van der Waals surface area contributed by atoms with Crippen molar-refractivity contribution in [2.45, 2.75) is 12.5 Å². The van der Waals surface area contributed by atoms with Gasteiger partial charge in [0.2, 0.25) is 11.7 Å². The fourth-order valence-corrected chi connectivity index (χ4v) is 4.08. The molecule has 5 nitrogen and oxygen atoms in total. The largest absolute Gasteiger partial charge is 0.391 e. The number of carbonyl (C=O) groups is 1. The molecule has 3 aromatic rings. The number of fused-ring (bicyclic) bond motifs is 1. The van der Waals surface area contributed by atoms with Gasteiger partial charge in [-0.1, -0.05) is 6.07 Å². The minimum atomic E-state index is -0.349. The minimum Gasteiger partial charge on any atom is -0.391 e. The normalized spacial score (nSPS) is 18.2. The lowest BCUT2D eigenvalue weighted by atomic mass is 10.2. The number of rotatable bonds is 3. The van der Waals surface area contributed by atoms with Gasteiger partial charge < -0.3 is 10.0 Å². The molecule has 0 spiro atoms. The number of β-amino-alcohol motifs (C(OH)–C–C–N with tert-alkyl or cyclic N) is 1. The Morgan fingerprint density at radius 1 is 1.27 bits per heavy atom. The number of aromatic nitrogens is 2. The molecule has 1 N–H and O–H groups in total. The van der Waals surface area contributed by atoms with Gasteiger partial charge in [0.15, 0.2) is 0 Å². The molecule has 0 amide bonds. The maximum absolute atomic E-state index is 12.7. The second kappa shape index (κ2) is 5.42. The monoisotopic (exact) mass is 331 g/mol. The third-order valence-electron chi connectivity index (χ3n) is 3.70. The smallest absolute Gasteiger partial charge is 0.226 e. The van der Waals surface area contributed by atoms with Crippen molar-refractivity contribution in [2.24, 2.45) is 0 Å². The van der Waals surface area contributed by atoms with Gasteiger partial charge in [-0.2, -0.15) is 0 Å². The average Bonchev–Trinajstić information content (AvgIpc) is 3.26. The second-order valence-electron chi connectivity index (χ2n) is 5.20. The van der Waals surface area contributed by atoms with E-state index in [0.717, 1.165) is 10.2 Å². The average molecular weight is 331 g/mol. The summed E-state index contributed by atoms with van der Waals surface area (Å²) in [6.45, 7) is 1.23. The molecule has 112 valence electrons. The quantitative estimate of drug-likeness (QED) is 0.747. The molecule has 0 aromatic carbocycles. The molecule has 1 aliphatic heterocycles. The summed E-state index contributed by atoms with van der Waals surface area (Å²) in [6.07, 6.45) is 0.359. The summed E-state index contributed by atoms with van der Waals surface area (Å²) in [7, 11) is 0. The summed E-state index contributed by atoms with van der Waals surface area (Å²) >= 11 is 2.90. The number of hydrogen-bond donors (Lipinski definition) is 1. The van der Waals surface area contributed by atoms with Crippen LogP contribution in [0.15, 0.2) is 29.0 Å². The van der Waals surface area contributed by atoms with Crippen molar-refractivity contribution in [1.29, 1.82) is 0 Å². The van der Waals surface area contributed by atoms with Crippen LogP contribution < -0.4 is 4.90 Å². The minimum absolute atomic E-state index is 0.0640. The third-order valence-corrected chi connectivity index (χ3v) is 5.48. The lowest BCUT2D eigenvalue weighted by Crippen LogP contribution is -2.24. The first-order chi connectivity index (χ1) is 10.7. The van der Waals surface area contributed by atoms with Crippen molar-refractivity contribution < 1.29 is 9.90 Å². The highest BCUT2D eigenvalue weighted by Crippen LogP contribution is 2.28. The molecule has 0 aliphatic carbocycles. The van der Waals surface area contributed by atoms with Crippen LogP contribution in [0.4, 0.5) is 5.95 Å². The number of carbonyl (C=O) groups excluding carboxylic acids is 1. The number of nitrogens with zero attached hydrogens (tertiary/aromatic N) is 3. The zero-order chi connectivity index (χ0) is 15.1. The molecular formula is C15H13N3O2S2. The molecule has 1 aliphatic rings. The number of aliphatic hydroxyl groups excluding tert-OH is 1. The fourth-order valence-electron chi connectivity index (χ4n) is 2.59. The molecule has 4 heterocycles. The van der Waals surface area contributed by atoms with Crippen molar-refractivity contribution >= 4 is 44.6 Å². The Bertz CT molecular complexity index is 829. The SMILES string of the molecule is O=C(c1cccs1)c1nc(N2CC[C@@H](O)C2)nc2ccsc12. The van der Waals surface area contributed by atoms with E-state index in [-0.39, 0.29) is 11.9 Å². The molecule has 0 radical (unpaired) electrons. The van der Waals surface area contributed by atoms with E-state index in [2.05, 4.69) is 9.97 Å². The van der Waals surface area contributed by atoms with Gasteiger partial charge in [-0.25, -0.2) is 9.97 Å². The molecule has 0 unspecified atom stereocenters. The van der Waals surface area contributed by atoms with Gasteiger partial charge in [0.25, 0.3) is 0 Å². The number of ketones is 1. The van der Waals surface area contributed by atoms with Crippen molar-refractivity contribution in [3.8, 4) is 0 Å². The van der Waals surface area contributed by atoms with Crippen LogP contribution >= 0.6 is 22.7 Å². The van der Waals surface area contributed by atoms with Gasteiger partial charge in [-0.15, -0.1) is 22.7 Å². The Morgan fingerprint density at radius 3 is 2.91 bits per heavy atom. The number of aliphatic hydroxyl groups is 1. The van der Waals surface area contributed by atoms with E-state index in [9.17, 15) is 9.90 Å². The summed E-state index contributed by atoms with van der Waals surface area (Å²) in [5.41, 5.74) is 1.25. The first kappa shape index (κ1) is 13.8. The van der Waals surface area contributed by atoms with Gasteiger partial charge >= 0.3 is 0 Å². The standard InChI is InChI=1S/C15H13N3O2S2/c19-9-3-5-18(8-9)15-16-10-4-7-22-14(10)12(17-15)13(20)11-2-1-6-21-11/h1-2,4,6-7,9,19H,3,5,8H2/t9-/m1/s1. The van der Waals surface area contributed by atoms with E-state index in [1.54, 1.807) is 0 Å². The van der Waals surface area contributed by atoms with Crippen LogP contribution in [0.2, 0.25) is 0 Å². The maximum Gasteiger partial charge on any atom is 0.226 e. The van der Waals surface area contributed by atoms with E-state index in [1.807, 2.05) is 33.9 Å². The van der Waals surface area contributed by atoms with Crippen LogP contribution in [0.5, 0.6) is 0 Å². The summed E-state index contributed by atoms with van der Waals surface area (Å²) < 4.78 is 0.821. The van der Waals surface area contributed by atoms with Gasteiger partial charge in [0, 0.05) is 13.1 Å². The molecule has 1 fully saturated rings. The zero-order valence-electron chi connectivity index (χ0n) is 11.6. The highest BCUT2D eigenvalue weighted by atomic mass is 32.1. The Balaban J connectivity index is 1.82. The van der Waals surface area contributed by atoms with E-state index in [0.29, 0.717) is 36.0 Å². The van der Waals surface area contributed by atoms with Crippen molar-refractivity contribution in [1.82, 2.24) is 9.97 Å². The van der Waals surface area contributed by atoms with Crippen LogP contribution in [0.1, 0.15) is 21.8 Å². The van der Waals surface area contributed by atoms with Gasteiger partial charge in [-0.05, 0) is 29.3 Å². The Hall–Kier alpha value is -1.83. The predicted molar refractivity (Wildman–Crippen MR) is 88.0 cm³/mol. The molecule has 3 aromatic heterocycles. The Labute approximate surface area is 134 Å². The predicted octanol–water partition coefficient (Wildman–Crippen LogP) is 2.55. The molecule has 1 saturated heterocycles. The van der Waals surface area contributed by atoms with Crippen LogP contribution in [0, 0.1) is 0 Å². The first-order valence-corrected chi connectivity index (χ1v) is 8.75. The summed E-state index contributed by atoms with van der Waals surface area (Å²) in [4.78, 5) is 24.4. The molecule has 7 heteroatoms. The van der Waals surface area contributed by atoms with Gasteiger partial charge in [0.05, 0.1) is 21.2 Å². The second-order valence-corrected chi connectivity index (χ2v) is 7.07. The number of anilines is 1. The molecule has 0 saturated carbocycles. The lowest BCUT2D eigenvalue weighted by molar-refractivity contribution is 0.103. The van der Waals surface area contributed by atoms with E-state index < -0.39 is 0 Å². The summed E-state index contributed by atoms with van der Waals surface area (Å²) in [5.74, 6) is 0.466. The molecule has 1 atom stereocenters. The highest BCUT2D eigenvalue weighted by Gasteiger charge is 2.25. The van der Waals surface area contributed by atoms with Crippen molar-refractivity contribution in [3.05, 3.63) is 39.5 Å². The van der Waals surface area contributed by atoms with Gasteiger partial charge in [-0.3, -0.25) is 4.79 Å². The summed E-state index contributed by atoms with van der Waals surface area (Å²) in [6, 6.07) is 5.58. The van der Waals surface area contributed by atoms with Crippen molar-refractivity contribution in [3.63, 3.8) is 0 Å². The zero-order valence-corrected chi connectivity index (χ0v) is 13.2. The van der Waals surface area contributed by atoms with Gasteiger partial charge in [0.1, 0.15) is 5.69 Å². The van der Waals surface area contributed by atoms with Crippen molar-refractivity contribution in [2.75, 3.05) is 18.0 Å². The third kappa shape index (κ3) is 2.31. The van der Waals surface area contributed by atoms with E-state index in [1.165, 1.54) is 22.7 Å². The Kier molecular flexibility index (Phi) is 3.40. The lowest BCUT2D eigenvalue weighted by Gasteiger charge is -2.16. The van der Waals surface area contributed by atoms with Crippen LogP contribution in [0.25, 0.3) is 10.2 Å². The maximum atomic E-state index is 12.7. The summed E-state index contributed by atoms with van der Waals surface area (Å²) in [5, 5.41) is 13.5. The van der Waals surface area contributed by atoms with E-state index >= 15 is 0 Å². The Morgan fingerprint density at radius 2 is 2.18 bits per heavy atom. The number of hydrogen-bond acceptors (Lipinski definition) is 7. The van der Waals surface area contributed by atoms with Crippen LogP contribution in [0.3, 0.4) is 0 Å². The fraction of sp³-hybridized carbons (Fsp3) is 0.267. The van der Waals surface area contributed by atoms with E-state index in [4.69, 9.17) is 0 Å². The first-order valence-electron chi connectivity index (χ1n) is 6.99. The van der Waals surface area contributed by atoms with Crippen LogP contribution in [-0.4, -0.2) is 40.1 Å². The topological polar surface area (TPSA) is 66.3 Å². The molecule has 0 bridgehead atoms. The number of thiophene rings is 2. The molecule has 22 heavy (non-hydrogen) atoms. The molecule has 4 rings (SSSR count). The van der Waals surface area contributed by atoms with Crippen LogP contribution in [-0.2, 0) is 0 Å². The molecular weight excluding hydrogens is 318 g/mol. The highest BCUT2D eigenvalue weighted by molar-refractivity contribution is 7.17.